The third kappa shape index (κ3) is 5.75. The highest BCUT2D eigenvalue weighted by Gasteiger charge is 2.21. The van der Waals surface area contributed by atoms with E-state index >= 15 is 0 Å². The molecule has 0 amide bonds. The normalized spacial score (nSPS) is 15.9. The number of hydrogen-bond acceptors (Lipinski definition) is 6. The number of hydrogen-bond donors (Lipinski definition) is 1. The van der Waals surface area contributed by atoms with Gasteiger partial charge in [-0.3, -0.25) is 4.79 Å². The molecule has 1 aliphatic rings. The van der Waals surface area contributed by atoms with Gasteiger partial charge in [-0.25, -0.2) is 4.99 Å². The van der Waals surface area contributed by atoms with E-state index in [1.54, 1.807) is 18.2 Å². The van der Waals surface area contributed by atoms with E-state index in [4.69, 9.17) is 42.2 Å². The number of ether oxygens (including phenoxy) is 2. The first-order valence-electron chi connectivity index (χ1n) is 9.51. The van der Waals surface area contributed by atoms with Gasteiger partial charge in [0.25, 0.3) is 0 Å². The van der Waals surface area contributed by atoms with E-state index in [9.17, 15) is 4.79 Å². The second-order valence-electron chi connectivity index (χ2n) is 6.83. The predicted molar refractivity (Wildman–Crippen MR) is 112 cm³/mol. The summed E-state index contributed by atoms with van der Waals surface area (Å²) in [6, 6.07) is 6.69. The molecule has 29 heavy (non-hydrogen) atoms. The van der Waals surface area contributed by atoms with Gasteiger partial charge in [0.1, 0.15) is 18.4 Å². The Balaban J connectivity index is 1.45. The van der Waals surface area contributed by atoms with Crippen LogP contribution in [0.3, 0.4) is 0 Å². The van der Waals surface area contributed by atoms with Crippen LogP contribution < -0.4 is 4.74 Å². The fourth-order valence-corrected chi connectivity index (χ4v) is 3.54. The minimum absolute atomic E-state index is 0.0655. The van der Waals surface area contributed by atoms with Crippen molar-refractivity contribution in [2.24, 2.45) is 4.99 Å². The molecule has 0 radical (unpaired) electrons. The van der Waals surface area contributed by atoms with Crippen LogP contribution in [-0.2, 0) is 11.2 Å². The highest BCUT2D eigenvalue weighted by molar-refractivity contribution is 6.37. The summed E-state index contributed by atoms with van der Waals surface area (Å²) in [6.07, 6.45) is 3.48. The van der Waals surface area contributed by atoms with Crippen LogP contribution in [0.2, 0.25) is 10.0 Å². The number of aliphatic imine (C=N–C) groups is 1. The number of carbonyl (C=O) groups excluding carboxylic acids is 1. The molecular weight excluding hydrogens is 417 g/mol. The van der Waals surface area contributed by atoms with Crippen molar-refractivity contribution in [1.82, 2.24) is 0 Å². The van der Waals surface area contributed by atoms with Crippen molar-refractivity contribution in [3.63, 3.8) is 0 Å². The van der Waals surface area contributed by atoms with Crippen molar-refractivity contribution in [2.45, 2.75) is 38.6 Å². The summed E-state index contributed by atoms with van der Waals surface area (Å²) in [5.41, 5.74) is 0.659. The van der Waals surface area contributed by atoms with Crippen molar-refractivity contribution in [1.29, 1.82) is 0 Å². The number of ketones is 1. The van der Waals surface area contributed by atoms with Crippen LogP contribution in [0, 0.1) is 0 Å². The number of halogens is 2. The fraction of sp³-hybridized carbons (Fsp3) is 0.429. The topological polar surface area (TPSA) is 81.3 Å². The summed E-state index contributed by atoms with van der Waals surface area (Å²) in [4.78, 5) is 15.5. The van der Waals surface area contributed by atoms with Crippen LogP contribution >= 0.6 is 23.2 Å². The van der Waals surface area contributed by atoms with Crippen molar-refractivity contribution >= 4 is 34.9 Å². The minimum atomic E-state index is -0.256. The quantitative estimate of drug-likeness (QED) is 0.427. The van der Waals surface area contributed by atoms with E-state index in [1.807, 2.05) is 6.07 Å². The Labute approximate surface area is 179 Å². The van der Waals surface area contributed by atoms with Crippen LogP contribution in [0.1, 0.15) is 48.1 Å². The monoisotopic (exact) mass is 439 g/mol. The van der Waals surface area contributed by atoms with Crippen LogP contribution in [0.4, 0.5) is 0 Å². The van der Waals surface area contributed by atoms with E-state index in [1.165, 1.54) is 6.92 Å². The molecule has 0 bridgehead atoms. The molecule has 0 spiro atoms. The van der Waals surface area contributed by atoms with Gasteiger partial charge in [-0.05, 0) is 43.5 Å². The van der Waals surface area contributed by atoms with Crippen LogP contribution in [-0.4, -0.2) is 42.7 Å². The lowest BCUT2D eigenvalue weighted by Crippen LogP contribution is -2.10. The molecule has 2 aromatic rings. The first-order chi connectivity index (χ1) is 14.0. The number of furan rings is 1. The highest BCUT2D eigenvalue weighted by atomic mass is 35.5. The van der Waals surface area contributed by atoms with E-state index in [2.05, 4.69) is 4.99 Å². The number of unbranched alkanes of at least 4 members (excludes halogenated alkanes) is 2. The zero-order valence-electron chi connectivity index (χ0n) is 16.1. The summed E-state index contributed by atoms with van der Waals surface area (Å²) in [6.45, 7) is 2.25. The van der Waals surface area contributed by atoms with Gasteiger partial charge in [0.15, 0.2) is 17.3 Å². The van der Waals surface area contributed by atoms with E-state index in [0.29, 0.717) is 46.2 Å². The Hall–Kier alpha value is -2.02. The third-order valence-corrected chi connectivity index (χ3v) is 5.05. The first-order valence-corrected chi connectivity index (χ1v) is 10.3. The minimum Gasteiger partial charge on any atom is -0.490 e. The Morgan fingerprint density at radius 1 is 1.24 bits per heavy atom. The van der Waals surface area contributed by atoms with Crippen molar-refractivity contribution in [2.75, 3.05) is 19.8 Å². The van der Waals surface area contributed by atoms with Gasteiger partial charge in [0.2, 0.25) is 5.90 Å². The van der Waals surface area contributed by atoms with Crippen molar-refractivity contribution in [3.05, 3.63) is 51.4 Å². The van der Waals surface area contributed by atoms with Gasteiger partial charge in [0.05, 0.1) is 23.3 Å². The predicted octanol–water partition coefficient (Wildman–Crippen LogP) is 4.72. The summed E-state index contributed by atoms with van der Waals surface area (Å²) in [5.74, 6) is 2.01. The number of aryl methyl sites for hydroxylation is 1. The lowest BCUT2D eigenvalue weighted by molar-refractivity contribution is 0.0985. The second kappa shape index (κ2) is 10.1. The Morgan fingerprint density at radius 2 is 2.00 bits per heavy atom. The third-order valence-electron chi connectivity index (χ3n) is 4.49. The number of rotatable bonds is 10. The first kappa shape index (κ1) is 21.7. The van der Waals surface area contributed by atoms with Crippen LogP contribution in [0.25, 0.3) is 0 Å². The zero-order chi connectivity index (χ0) is 20.8. The maximum atomic E-state index is 11.2. The number of carbonyl (C=O) groups is 1. The molecule has 1 atom stereocenters. The number of aliphatic hydroxyl groups is 1. The molecule has 1 N–H and O–H groups in total. The van der Waals surface area contributed by atoms with E-state index in [-0.39, 0.29) is 18.4 Å². The molecule has 1 unspecified atom stereocenters. The summed E-state index contributed by atoms with van der Waals surface area (Å²) < 4.78 is 16.7. The van der Waals surface area contributed by atoms with Crippen molar-refractivity contribution < 1.29 is 23.8 Å². The van der Waals surface area contributed by atoms with Crippen LogP contribution in [0.15, 0.2) is 33.7 Å². The number of benzene rings is 1. The van der Waals surface area contributed by atoms with E-state index < -0.39 is 0 Å². The van der Waals surface area contributed by atoms with Gasteiger partial charge in [-0.2, -0.15) is 0 Å². The Morgan fingerprint density at radius 3 is 2.62 bits per heavy atom. The molecule has 3 rings (SSSR count). The molecule has 0 fully saturated rings. The average Bonchev–Trinajstić information content (AvgIpc) is 3.35. The molecule has 1 aromatic heterocycles. The maximum Gasteiger partial charge on any atom is 0.216 e. The molecule has 0 saturated heterocycles. The largest absolute Gasteiger partial charge is 0.490 e. The van der Waals surface area contributed by atoms with E-state index in [0.717, 1.165) is 31.4 Å². The number of aliphatic hydroxyl groups excluding tert-OH is 1. The number of Topliss-reactive ketones (excluding diaryl/α,β-unsaturated/α-hetero) is 1. The molecule has 0 saturated carbocycles. The van der Waals surface area contributed by atoms with Gasteiger partial charge >= 0.3 is 0 Å². The molecular formula is C21H23Cl2NO5. The Kier molecular flexibility index (Phi) is 7.58. The molecule has 0 aliphatic carbocycles. The average molecular weight is 440 g/mol. The molecule has 2 heterocycles. The maximum absolute atomic E-state index is 11.2. The summed E-state index contributed by atoms with van der Waals surface area (Å²) >= 11 is 12.6. The molecule has 6 nitrogen and oxygen atoms in total. The summed E-state index contributed by atoms with van der Waals surface area (Å²) in [7, 11) is 0. The lowest BCUT2D eigenvalue weighted by atomic mass is 10.1. The summed E-state index contributed by atoms with van der Waals surface area (Å²) in [5, 5.41) is 9.93. The Bertz CT molecular complexity index is 870. The zero-order valence-corrected chi connectivity index (χ0v) is 17.6. The molecule has 1 aromatic carbocycles. The smallest absolute Gasteiger partial charge is 0.216 e. The molecule has 156 valence electrons. The standard InChI is InChI=1S/C21H23Cl2NO5/c1-13(26)19-7-6-16(29-19)5-3-2-4-8-27-20-17(22)9-14(10-18(20)23)21-24-15(11-25)12-28-21/h6-7,9-10,15,25H,2-5,8,11-12H2,1H3. The fourth-order valence-electron chi connectivity index (χ4n) is 2.94. The number of nitrogens with zero attached hydrogens (tertiary/aromatic N) is 1. The van der Waals surface area contributed by atoms with Crippen LogP contribution in [0.5, 0.6) is 5.75 Å². The van der Waals surface area contributed by atoms with Gasteiger partial charge in [-0.1, -0.05) is 23.2 Å². The van der Waals surface area contributed by atoms with Crippen molar-refractivity contribution in [3.8, 4) is 5.75 Å². The highest BCUT2D eigenvalue weighted by Crippen LogP contribution is 2.35. The van der Waals surface area contributed by atoms with Gasteiger partial charge in [0, 0.05) is 18.9 Å². The SMILES string of the molecule is CC(=O)c1ccc(CCCCCOc2c(Cl)cc(C3=NC(CO)CO3)cc2Cl)o1. The lowest BCUT2D eigenvalue weighted by Gasteiger charge is -2.12. The van der Waals surface area contributed by atoms with Gasteiger partial charge in [-0.15, -0.1) is 0 Å². The molecule has 8 heteroatoms. The molecule has 1 aliphatic heterocycles. The van der Waals surface area contributed by atoms with Gasteiger partial charge < -0.3 is 19.0 Å². The second-order valence-corrected chi connectivity index (χ2v) is 7.65.